The molecule has 0 spiro atoms. The molecule has 0 radical (unpaired) electrons. The average molecular weight is 386 g/mol. The van der Waals surface area contributed by atoms with Gasteiger partial charge >= 0.3 is 0 Å². The van der Waals surface area contributed by atoms with Crippen LogP contribution in [0.3, 0.4) is 0 Å². The molecule has 0 fully saturated rings. The third-order valence-electron chi connectivity index (χ3n) is 3.78. The second-order valence-corrected chi connectivity index (χ2v) is 5.79. The summed E-state index contributed by atoms with van der Waals surface area (Å²) in [6, 6.07) is 9.78. The van der Waals surface area contributed by atoms with Gasteiger partial charge in [0, 0.05) is 5.56 Å². The summed E-state index contributed by atoms with van der Waals surface area (Å²) in [6.07, 6.45) is 0. The molecule has 0 aromatic heterocycles. The van der Waals surface area contributed by atoms with Crippen molar-refractivity contribution in [2.75, 3.05) is 19.8 Å². The Morgan fingerprint density at radius 3 is 1.96 bits per heavy atom. The molecule has 0 heterocycles. The van der Waals surface area contributed by atoms with Crippen LogP contribution in [0, 0.1) is 0 Å². The molecule has 0 saturated carbocycles. The van der Waals surface area contributed by atoms with Gasteiger partial charge in [0.2, 0.25) is 5.75 Å². The minimum Gasteiger partial charge on any atom is -0.508 e. The van der Waals surface area contributed by atoms with Crippen LogP contribution in [0.25, 0.3) is 0 Å². The number of carbonyl (C=O) groups is 1. The van der Waals surface area contributed by atoms with E-state index in [2.05, 4.69) is 10.5 Å². The van der Waals surface area contributed by atoms with Gasteiger partial charge in [-0.05, 0) is 69.7 Å². The summed E-state index contributed by atoms with van der Waals surface area (Å²) in [7, 11) is 0. The summed E-state index contributed by atoms with van der Waals surface area (Å²) < 4.78 is 16.9. The second-order valence-electron chi connectivity index (χ2n) is 5.79. The molecule has 0 bridgehead atoms. The van der Waals surface area contributed by atoms with E-state index >= 15 is 0 Å². The number of hydrogen-bond acceptors (Lipinski definition) is 6. The number of hydrazone groups is 1. The Kier molecular flexibility index (Phi) is 7.68. The van der Waals surface area contributed by atoms with Crippen LogP contribution in [-0.4, -0.2) is 36.5 Å². The highest BCUT2D eigenvalue weighted by Gasteiger charge is 2.18. The van der Waals surface area contributed by atoms with E-state index in [1.54, 1.807) is 43.3 Å². The minimum absolute atomic E-state index is 0.168. The van der Waals surface area contributed by atoms with E-state index in [9.17, 15) is 9.90 Å². The van der Waals surface area contributed by atoms with Gasteiger partial charge < -0.3 is 19.3 Å². The average Bonchev–Trinajstić information content (AvgIpc) is 2.69. The Hall–Kier alpha value is -3.22. The molecule has 7 nitrogen and oxygen atoms in total. The van der Waals surface area contributed by atoms with Crippen LogP contribution in [0.15, 0.2) is 41.5 Å². The predicted molar refractivity (Wildman–Crippen MR) is 108 cm³/mol. The van der Waals surface area contributed by atoms with Gasteiger partial charge in [-0.15, -0.1) is 0 Å². The molecule has 0 aliphatic carbocycles. The molecule has 0 saturated heterocycles. The van der Waals surface area contributed by atoms with Crippen molar-refractivity contribution in [1.29, 1.82) is 0 Å². The normalized spacial score (nSPS) is 11.1. The van der Waals surface area contributed by atoms with Gasteiger partial charge in [0.15, 0.2) is 11.5 Å². The van der Waals surface area contributed by atoms with E-state index in [4.69, 9.17) is 14.2 Å². The van der Waals surface area contributed by atoms with Gasteiger partial charge in [-0.2, -0.15) is 5.10 Å². The topological polar surface area (TPSA) is 89.4 Å². The molecule has 0 aliphatic heterocycles. The Morgan fingerprint density at radius 2 is 1.46 bits per heavy atom. The molecule has 7 heteroatoms. The van der Waals surface area contributed by atoms with Gasteiger partial charge in [0.05, 0.1) is 25.5 Å². The number of phenolic OH excluding ortho intramolecular Hbond substituents is 1. The summed E-state index contributed by atoms with van der Waals surface area (Å²) in [5.74, 6) is 1.14. The van der Waals surface area contributed by atoms with Crippen LogP contribution in [0.2, 0.25) is 0 Å². The van der Waals surface area contributed by atoms with E-state index in [1.165, 1.54) is 0 Å². The van der Waals surface area contributed by atoms with Gasteiger partial charge in [-0.25, -0.2) is 5.43 Å². The maximum absolute atomic E-state index is 12.6. The highest BCUT2D eigenvalue weighted by molar-refractivity contribution is 6.01. The lowest BCUT2D eigenvalue weighted by atomic mass is 10.1. The van der Waals surface area contributed by atoms with Crippen molar-refractivity contribution in [3.05, 3.63) is 47.5 Å². The van der Waals surface area contributed by atoms with Gasteiger partial charge in [-0.3, -0.25) is 4.79 Å². The van der Waals surface area contributed by atoms with Crippen LogP contribution < -0.4 is 19.6 Å². The maximum atomic E-state index is 12.6. The Labute approximate surface area is 164 Å². The van der Waals surface area contributed by atoms with Crippen molar-refractivity contribution in [3.8, 4) is 23.0 Å². The third-order valence-corrected chi connectivity index (χ3v) is 3.78. The fraction of sp³-hybridized carbons (Fsp3) is 0.333. The molecule has 2 aromatic carbocycles. The van der Waals surface area contributed by atoms with Gasteiger partial charge in [0.25, 0.3) is 5.91 Å². The molecule has 150 valence electrons. The molecular formula is C21H26N2O5. The van der Waals surface area contributed by atoms with Gasteiger partial charge in [0.1, 0.15) is 5.75 Å². The SMILES string of the molecule is CCOc1cc(C(=O)N/N=C(\C)c2ccc(O)cc2)cc(OCC)c1OCC. The number of amides is 1. The van der Waals surface area contributed by atoms with E-state index in [1.807, 2.05) is 20.8 Å². The smallest absolute Gasteiger partial charge is 0.271 e. The molecule has 0 aliphatic rings. The number of nitrogens with zero attached hydrogens (tertiary/aromatic N) is 1. The number of nitrogens with one attached hydrogen (secondary N) is 1. The molecule has 2 N–H and O–H groups in total. The zero-order valence-corrected chi connectivity index (χ0v) is 16.6. The molecule has 0 atom stereocenters. The van der Waals surface area contributed by atoms with Crippen molar-refractivity contribution in [1.82, 2.24) is 5.43 Å². The van der Waals surface area contributed by atoms with Crippen molar-refractivity contribution >= 4 is 11.6 Å². The fourth-order valence-corrected chi connectivity index (χ4v) is 2.49. The van der Waals surface area contributed by atoms with E-state index < -0.39 is 5.91 Å². The zero-order chi connectivity index (χ0) is 20.5. The lowest BCUT2D eigenvalue weighted by Gasteiger charge is -2.16. The highest BCUT2D eigenvalue weighted by Crippen LogP contribution is 2.39. The number of ether oxygens (including phenoxy) is 3. The molecular weight excluding hydrogens is 360 g/mol. The van der Waals surface area contributed by atoms with Gasteiger partial charge in [-0.1, -0.05) is 0 Å². The van der Waals surface area contributed by atoms with Crippen molar-refractivity contribution in [2.45, 2.75) is 27.7 Å². The Morgan fingerprint density at radius 1 is 0.929 bits per heavy atom. The largest absolute Gasteiger partial charge is 0.508 e. The number of benzene rings is 2. The molecule has 28 heavy (non-hydrogen) atoms. The summed E-state index contributed by atoms with van der Waals surface area (Å²) >= 11 is 0. The molecule has 0 unspecified atom stereocenters. The predicted octanol–water partition coefficient (Wildman–Crippen LogP) is 3.74. The molecule has 1 amide bonds. The Balaban J connectivity index is 2.28. The first-order valence-electron chi connectivity index (χ1n) is 9.20. The number of carbonyl (C=O) groups excluding carboxylic acids is 1. The fourth-order valence-electron chi connectivity index (χ4n) is 2.49. The first-order valence-corrected chi connectivity index (χ1v) is 9.20. The number of phenols is 1. The van der Waals surface area contributed by atoms with E-state index in [0.29, 0.717) is 48.3 Å². The van der Waals surface area contributed by atoms with Crippen LogP contribution in [0.1, 0.15) is 43.6 Å². The van der Waals surface area contributed by atoms with Crippen LogP contribution in [0.5, 0.6) is 23.0 Å². The quantitative estimate of drug-likeness (QED) is 0.506. The number of aromatic hydroxyl groups is 1. The third kappa shape index (κ3) is 5.39. The summed E-state index contributed by atoms with van der Waals surface area (Å²) in [6.45, 7) is 8.64. The zero-order valence-electron chi connectivity index (χ0n) is 16.6. The first-order chi connectivity index (χ1) is 13.5. The standard InChI is InChI=1S/C21H26N2O5/c1-5-26-18-12-16(13-19(27-6-2)20(18)28-7-3)21(25)23-22-14(4)15-8-10-17(24)11-9-15/h8-13,24H,5-7H2,1-4H3,(H,23,25)/b22-14+. The maximum Gasteiger partial charge on any atom is 0.271 e. The van der Waals surface area contributed by atoms with Crippen LogP contribution in [0.4, 0.5) is 0 Å². The van der Waals surface area contributed by atoms with E-state index in [-0.39, 0.29) is 5.75 Å². The lowest BCUT2D eigenvalue weighted by Crippen LogP contribution is -2.20. The number of rotatable bonds is 9. The van der Waals surface area contributed by atoms with Crippen molar-refractivity contribution in [3.63, 3.8) is 0 Å². The summed E-state index contributed by atoms with van der Waals surface area (Å²) in [5.41, 5.74) is 4.27. The highest BCUT2D eigenvalue weighted by atomic mass is 16.5. The van der Waals surface area contributed by atoms with Crippen molar-refractivity contribution < 1.29 is 24.1 Å². The molecule has 2 rings (SSSR count). The molecule has 2 aromatic rings. The van der Waals surface area contributed by atoms with E-state index in [0.717, 1.165) is 5.56 Å². The van der Waals surface area contributed by atoms with Crippen molar-refractivity contribution in [2.24, 2.45) is 5.10 Å². The second kappa shape index (κ2) is 10.2. The Bertz CT molecular complexity index is 804. The summed E-state index contributed by atoms with van der Waals surface area (Å²) in [5, 5.41) is 13.5. The minimum atomic E-state index is -0.400. The van der Waals surface area contributed by atoms with Crippen LogP contribution in [-0.2, 0) is 0 Å². The number of hydrogen-bond donors (Lipinski definition) is 2. The van der Waals surface area contributed by atoms with Crippen LogP contribution >= 0.6 is 0 Å². The summed E-state index contributed by atoms with van der Waals surface area (Å²) in [4.78, 5) is 12.6. The first kappa shape index (κ1) is 21.1. The monoisotopic (exact) mass is 386 g/mol. The lowest BCUT2D eigenvalue weighted by molar-refractivity contribution is 0.0953.